The van der Waals surface area contributed by atoms with Crippen molar-refractivity contribution in [1.82, 2.24) is 9.97 Å². The molecule has 0 saturated carbocycles. The first kappa shape index (κ1) is 27.0. The van der Waals surface area contributed by atoms with E-state index in [1.54, 1.807) is 0 Å². The van der Waals surface area contributed by atoms with Crippen LogP contribution in [0.3, 0.4) is 0 Å². The minimum atomic E-state index is -5.66. The average molecular weight is 546 g/mol. The molecule has 0 amide bonds. The standard InChI is InChI=1S/C14H21N4O13P3/c1-2-3-27-9-4-8(7-5-16-12-11(7)17-14(15)18-13(12)19)29-10(9)6-28-33(23,24)31-34(25,26)30-32(20,21)22/h2,5,7-10H,1,3-4,6H2,(H,23,24)(H,25,26)(H2,20,21,22)(H3,15,17,18,19)/t7?,8-,9?,10-/m1/s1. The van der Waals surface area contributed by atoms with Crippen LogP contribution in [0.1, 0.15) is 18.0 Å². The minimum Gasteiger partial charge on any atom is -0.371 e. The summed E-state index contributed by atoms with van der Waals surface area (Å²) in [4.78, 5) is 58.6. The molecule has 1 fully saturated rings. The third kappa shape index (κ3) is 6.98. The maximum Gasteiger partial charge on any atom is 0.490 e. The van der Waals surface area contributed by atoms with Crippen molar-refractivity contribution in [2.45, 2.75) is 30.7 Å². The van der Waals surface area contributed by atoms with Crippen LogP contribution in [0.2, 0.25) is 0 Å². The summed E-state index contributed by atoms with van der Waals surface area (Å²) in [5, 5.41) is 0. The van der Waals surface area contributed by atoms with Crippen LogP contribution in [0.15, 0.2) is 22.4 Å². The highest BCUT2D eigenvalue weighted by molar-refractivity contribution is 7.66. The number of nitrogens with zero attached hydrogens (tertiary/aromatic N) is 2. The second kappa shape index (κ2) is 10.2. The van der Waals surface area contributed by atoms with Gasteiger partial charge in [0.2, 0.25) is 5.95 Å². The van der Waals surface area contributed by atoms with Crippen LogP contribution in [-0.4, -0.2) is 67.3 Å². The summed E-state index contributed by atoms with van der Waals surface area (Å²) in [6, 6.07) is 0. The van der Waals surface area contributed by atoms with Gasteiger partial charge in [-0.3, -0.25) is 19.3 Å². The lowest BCUT2D eigenvalue weighted by Crippen LogP contribution is -2.29. The van der Waals surface area contributed by atoms with Crippen molar-refractivity contribution in [2.24, 2.45) is 4.99 Å². The van der Waals surface area contributed by atoms with Gasteiger partial charge in [-0.1, -0.05) is 6.08 Å². The van der Waals surface area contributed by atoms with Gasteiger partial charge in [0.25, 0.3) is 5.56 Å². The van der Waals surface area contributed by atoms with E-state index in [2.05, 4.69) is 34.7 Å². The zero-order valence-corrected chi connectivity index (χ0v) is 19.8. The maximum absolute atomic E-state index is 12.0. The van der Waals surface area contributed by atoms with Gasteiger partial charge in [0.1, 0.15) is 6.10 Å². The average Bonchev–Trinajstić information content (AvgIpc) is 3.25. The summed E-state index contributed by atoms with van der Waals surface area (Å²) in [7, 11) is -16.5. The predicted molar refractivity (Wildman–Crippen MR) is 113 cm³/mol. The molecule has 34 heavy (non-hydrogen) atoms. The number of phosphoric ester groups is 1. The number of aliphatic imine (C=N–C) groups is 1. The van der Waals surface area contributed by atoms with Crippen molar-refractivity contribution in [1.29, 1.82) is 0 Å². The van der Waals surface area contributed by atoms with Gasteiger partial charge in [-0.15, -0.1) is 6.58 Å². The molecule has 7 N–H and O–H groups in total. The molecule has 0 aromatic carbocycles. The number of phosphoric acid groups is 3. The maximum atomic E-state index is 12.0. The number of nitrogen functional groups attached to an aromatic ring is 1. The van der Waals surface area contributed by atoms with Crippen molar-refractivity contribution in [3.05, 3.63) is 28.7 Å². The topological polar surface area (TPSA) is 262 Å². The number of ether oxygens (including phenoxy) is 2. The highest BCUT2D eigenvalue weighted by Gasteiger charge is 2.45. The number of hydrogen-bond donors (Lipinski definition) is 6. The number of nitrogens with one attached hydrogen (secondary N) is 1. The Balaban J connectivity index is 1.71. The summed E-state index contributed by atoms with van der Waals surface area (Å²) >= 11 is 0. The predicted octanol–water partition coefficient (Wildman–Crippen LogP) is 0.224. The summed E-state index contributed by atoms with van der Waals surface area (Å²) < 4.78 is 57.7. The number of nitrogens with two attached hydrogens (primary N) is 1. The SMILES string of the molecule is C=CCOC1C[C@H](C2C=Nc3c2nc(N)[nH]c3=O)O[C@@H]1COP(=O)(O)OP(=O)(O)OP(=O)(O)O. The summed E-state index contributed by atoms with van der Waals surface area (Å²) in [6.07, 6.45) is 0.650. The van der Waals surface area contributed by atoms with Crippen LogP contribution in [0.25, 0.3) is 0 Å². The van der Waals surface area contributed by atoms with E-state index in [0.29, 0.717) is 0 Å². The van der Waals surface area contributed by atoms with Crippen molar-refractivity contribution in [3.8, 4) is 0 Å². The number of rotatable bonds is 11. The van der Waals surface area contributed by atoms with E-state index in [1.165, 1.54) is 12.3 Å². The molecule has 3 rings (SSSR count). The van der Waals surface area contributed by atoms with E-state index in [-0.39, 0.29) is 30.4 Å². The molecule has 0 bridgehead atoms. The number of fused-ring (bicyclic) bond motifs is 1. The monoisotopic (exact) mass is 546 g/mol. The van der Waals surface area contributed by atoms with Gasteiger partial charge >= 0.3 is 23.5 Å². The van der Waals surface area contributed by atoms with Crippen LogP contribution in [0.5, 0.6) is 0 Å². The van der Waals surface area contributed by atoms with Gasteiger partial charge < -0.3 is 34.8 Å². The van der Waals surface area contributed by atoms with Gasteiger partial charge in [-0.05, 0) is 0 Å². The van der Waals surface area contributed by atoms with Crippen molar-refractivity contribution in [3.63, 3.8) is 0 Å². The van der Waals surface area contributed by atoms with Gasteiger partial charge in [-0.2, -0.15) is 8.62 Å². The summed E-state index contributed by atoms with van der Waals surface area (Å²) in [6.45, 7) is 2.90. The largest absolute Gasteiger partial charge is 0.490 e. The van der Waals surface area contributed by atoms with E-state index in [4.69, 9.17) is 25.0 Å². The molecule has 6 atom stereocenters. The van der Waals surface area contributed by atoms with E-state index >= 15 is 0 Å². The Morgan fingerprint density at radius 2 is 1.94 bits per heavy atom. The summed E-state index contributed by atoms with van der Waals surface area (Å²) in [5.74, 6) is -0.730. The fourth-order valence-electron chi connectivity index (χ4n) is 3.32. The van der Waals surface area contributed by atoms with E-state index in [9.17, 15) is 28.3 Å². The molecule has 3 heterocycles. The fourth-order valence-corrected chi connectivity index (χ4v) is 6.35. The first-order valence-corrected chi connectivity index (χ1v) is 13.8. The highest BCUT2D eigenvalue weighted by Crippen LogP contribution is 2.66. The number of hydrogen-bond acceptors (Lipinski definition) is 12. The van der Waals surface area contributed by atoms with Crippen molar-refractivity contribution >= 4 is 41.3 Å². The Hall–Kier alpha value is -1.58. The zero-order chi connectivity index (χ0) is 25.3. The van der Waals surface area contributed by atoms with E-state index in [0.717, 1.165) is 0 Å². The Morgan fingerprint density at radius 1 is 1.24 bits per heavy atom. The molecule has 17 nitrogen and oxygen atoms in total. The normalized spacial score (nSPS) is 27.8. The third-order valence-electron chi connectivity index (χ3n) is 4.50. The van der Waals surface area contributed by atoms with E-state index < -0.39 is 59.9 Å². The first-order valence-electron chi connectivity index (χ1n) is 9.30. The molecule has 4 unspecified atom stereocenters. The Morgan fingerprint density at radius 3 is 2.59 bits per heavy atom. The zero-order valence-electron chi connectivity index (χ0n) is 17.1. The van der Waals surface area contributed by atoms with E-state index in [1.807, 2.05) is 0 Å². The van der Waals surface area contributed by atoms with Crippen molar-refractivity contribution < 1.29 is 55.9 Å². The van der Waals surface area contributed by atoms with Crippen LogP contribution < -0.4 is 11.3 Å². The number of anilines is 1. The second-order valence-electron chi connectivity index (χ2n) is 6.98. The quantitative estimate of drug-likeness (QED) is 0.160. The Bertz CT molecular complexity index is 1170. The molecule has 2 aliphatic rings. The highest BCUT2D eigenvalue weighted by atomic mass is 31.3. The molecular formula is C14H21N4O13P3. The molecule has 20 heteroatoms. The fraction of sp³-hybridized carbons (Fsp3) is 0.500. The molecule has 1 aromatic rings. The molecule has 0 spiro atoms. The van der Waals surface area contributed by atoms with Crippen LogP contribution in [-0.2, 0) is 36.3 Å². The molecule has 1 saturated heterocycles. The lowest BCUT2D eigenvalue weighted by molar-refractivity contribution is -0.0411. The van der Waals surface area contributed by atoms with Crippen molar-refractivity contribution in [2.75, 3.05) is 18.9 Å². The Kier molecular flexibility index (Phi) is 8.10. The van der Waals surface area contributed by atoms with Gasteiger partial charge in [-0.25, -0.2) is 18.7 Å². The van der Waals surface area contributed by atoms with Gasteiger partial charge in [0.15, 0.2) is 5.69 Å². The van der Waals surface area contributed by atoms with Crippen LogP contribution >= 0.6 is 23.5 Å². The van der Waals surface area contributed by atoms with Gasteiger partial charge in [0, 0.05) is 12.6 Å². The Labute approximate surface area is 191 Å². The third-order valence-corrected chi connectivity index (χ3v) is 8.30. The summed E-state index contributed by atoms with van der Waals surface area (Å²) in [5.41, 5.74) is 5.39. The molecular weight excluding hydrogens is 525 g/mol. The molecule has 2 aliphatic heterocycles. The minimum absolute atomic E-state index is 0.0584. The lowest BCUT2D eigenvalue weighted by atomic mass is 9.97. The number of aromatic nitrogens is 2. The lowest BCUT2D eigenvalue weighted by Gasteiger charge is -2.21. The molecule has 190 valence electrons. The molecule has 0 radical (unpaired) electrons. The first-order chi connectivity index (χ1) is 15.7. The second-order valence-corrected chi connectivity index (χ2v) is 11.4. The molecule has 0 aliphatic carbocycles. The van der Waals surface area contributed by atoms with Gasteiger partial charge in [0.05, 0.1) is 37.0 Å². The number of aromatic amines is 1. The smallest absolute Gasteiger partial charge is 0.371 e. The molecule has 1 aromatic heterocycles. The number of H-pyrrole nitrogens is 1. The van der Waals surface area contributed by atoms with Crippen LogP contribution in [0.4, 0.5) is 11.6 Å². The van der Waals surface area contributed by atoms with Crippen LogP contribution in [0, 0.1) is 0 Å².